The molecule has 88 valence electrons. The number of nitrogens with zero attached hydrogens (tertiary/aromatic N) is 1. The van der Waals surface area contributed by atoms with E-state index in [9.17, 15) is 8.78 Å². The van der Waals surface area contributed by atoms with E-state index < -0.39 is 11.6 Å². The van der Waals surface area contributed by atoms with Crippen LogP contribution in [-0.4, -0.2) is 12.0 Å². The summed E-state index contributed by atoms with van der Waals surface area (Å²) in [7, 11) is 1.85. The van der Waals surface area contributed by atoms with Crippen molar-refractivity contribution in [3.05, 3.63) is 53.7 Å². The van der Waals surface area contributed by atoms with Crippen LogP contribution in [0.15, 0.2) is 36.5 Å². The second-order valence-corrected chi connectivity index (χ2v) is 3.71. The van der Waals surface area contributed by atoms with Crippen molar-refractivity contribution in [3.63, 3.8) is 0 Å². The normalized spacial score (nSPS) is 10.5. The molecule has 0 atom stereocenters. The van der Waals surface area contributed by atoms with E-state index in [1.807, 2.05) is 13.1 Å². The summed E-state index contributed by atoms with van der Waals surface area (Å²) in [6, 6.07) is 7.46. The van der Waals surface area contributed by atoms with E-state index in [4.69, 9.17) is 0 Å². The van der Waals surface area contributed by atoms with Gasteiger partial charge in [-0.15, -0.1) is 0 Å². The maximum atomic E-state index is 13.1. The third kappa shape index (κ3) is 2.65. The van der Waals surface area contributed by atoms with E-state index in [1.54, 1.807) is 12.3 Å². The van der Waals surface area contributed by atoms with Gasteiger partial charge in [-0.25, -0.2) is 8.78 Å². The number of hydrogen-bond donors (Lipinski definition) is 1. The SMILES string of the molecule is CNCc1ccc(-c2ccc(F)c(F)c2)nc1. The van der Waals surface area contributed by atoms with E-state index in [1.165, 1.54) is 6.07 Å². The Morgan fingerprint density at radius 1 is 1.12 bits per heavy atom. The van der Waals surface area contributed by atoms with Gasteiger partial charge in [-0.05, 0) is 36.9 Å². The largest absolute Gasteiger partial charge is 0.316 e. The molecule has 0 aliphatic rings. The Kier molecular flexibility index (Phi) is 3.44. The highest BCUT2D eigenvalue weighted by Gasteiger charge is 2.05. The van der Waals surface area contributed by atoms with Crippen LogP contribution in [0.2, 0.25) is 0 Å². The third-order valence-electron chi connectivity index (χ3n) is 2.42. The molecule has 0 spiro atoms. The second kappa shape index (κ2) is 5.01. The lowest BCUT2D eigenvalue weighted by Gasteiger charge is -2.03. The van der Waals surface area contributed by atoms with Gasteiger partial charge in [0.05, 0.1) is 5.69 Å². The third-order valence-corrected chi connectivity index (χ3v) is 2.42. The predicted molar refractivity (Wildman–Crippen MR) is 62.4 cm³/mol. The number of rotatable bonds is 3. The lowest BCUT2D eigenvalue weighted by atomic mass is 10.1. The van der Waals surface area contributed by atoms with Crippen LogP contribution in [0.25, 0.3) is 11.3 Å². The first-order chi connectivity index (χ1) is 8.20. The zero-order chi connectivity index (χ0) is 12.3. The molecular formula is C13H12F2N2. The number of aromatic nitrogens is 1. The summed E-state index contributed by atoms with van der Waals surface area (Å²) >= 11 is 0. The molecule has 1 aromatic heterocycles. The standard InChI is InChI=1S/C13H12F2N2/c1-16-7-9-2-5-13(17-8-9)10-3-4-11(14)12(15)6-10/h2-6,8,16H,7H2,1H3. The van der Waals surface area contributed by atoms with Crippen molar-refractivity contribution < 1.29 is 8.78 Å². The summed E-state index contributed by atoms with van der Waals surface area (Å²) in [5.41, 5.74) is 2.24. The quantitative estimate of drug-likeness (QED) is 0.883. The highest BCUT2D eigenvalue weighted by molar-refractivity contribution is 5.59. The Hall–Kier alpha value is -1.81. The molecule has 0 saturated carbocycles. The lowest BCUT2D eigenvalue weighted by Crippen LogP contribution is -2.05. The minimum absolute atomic E-state index is 0.569. The number of halogens is 2. The molecule has 17 heavy (non-hydrogen) atoms. The molecule has 2 nitrogen and oxygen atoms in total. The fourth-order valence-electron chi connectivity index (χ4n) is 1.56. The van der Waals surface area contributed by atoms with Crippen molar-refractivity contribution in [2.24, 2.45) is 0 Å². The van der Waals surface area contributed by atoms with Gasteiger partial charge in [-0.2, -0.15) is 0 Å². The highest BCUT2D eigenvalue weighted by Crippen LogP contribution is 2.19. The van der Waals surface area contributed by atoms with Crippen LogP contribution in [0.3, 0.4) is 0 Å². The van der Waals surface area contributed by atoms with Gasteiger partial charge in [0.2, 0.25) is 0 Å². The maximum Gasteiger partial charge on any atom is 0.159 e. The van der Waals surface area contributed by atoms with Gasteiger partial charge in [0.25, 0.3) is 0 Å². The Balaban J connectivity index is 2.30. The van der Waals surface area contributed by atoms with Crippen molar-refractivity contribution in [1.29, 1.82) is 0 Å². The van der Waals surface area contributed by atoms with Crippen LogP contribution < -0.4 is 5.32 Å². The Morgan fingerprint density at radius 3 is 2.53 bits per heavy atom. The summed E-state index contributed by atoms with van der Waals surface area (Å²) in [6.45, 7) is 0.727. The van der Waals surface area contributed by atoms with Crippen LogP contribution in [0.5, 0.6) is 0 Å². The molecule has 4 heteroatoms. The van der Waals surface area contributed by atoms with E-state index in [2.05, 4.69) is 10.3 Å². The molecule has 0 aliphatic carbocycles. The molecule has 1 N–H and O–H groups in total. The fourth-order valence-corrected chi connectivity index (χ4v) is 1.56. The number of nitrogens with one attached hydrogen (secondary N) is 1. The molecule has 2 aromatic rings. The van der Waals surface area contributed by atoms with Gasteiger partial charge in [-0.1, -0.05) is 6.07 Å². The maximum absolute atomic E-state index is 13.1. The van der Waals surface area contributed by atoms with E-state index >= 15 is 0 Å². The summed E-state index contributed by atoms with van der Waals surface area (Å²) in [5, 5.41) is 3.01. The molecule has 1 heterocycles. The van der Waals surface area contributed by atoms with Gasteiger partial charge in [0.15, 0.2) is 11.6 Å². The number of pyridine rings is 1. The first kappa shape index (κ1) is 11.7. The van der Waals surface area contributed by atoms with Crippen molar-refractivity contribution in [2.45, 2.75) is 6.54 Å². The molecule has 0 unspecified atom stereocenters. The van der Waals surface area contributed by atoms with Crippen LogP contribution in [0.4, 0.5) is 8.78 Å². The monoisotopic (exact) mass is 234 g/mol. The van der Waals surface area contributed by atoms with E-state index in [-0.39, 0.29) is 0 Å². The molecule has 0 saturated heterocycles. The van der Waals surface area contributed by atoms with Crippen molar-refractivity contribution in [3.8, 4) is 11.3 Å². The minimum Gasteiger partial charge on any atom is -0.316 e. The topological polar surface area (TPSA) is 24.9 Å². The first-order valence-electron chi connectivity index (χ1n) is 5.25. The lowest BCUT2D eigenvalue weighted by molar-refractivity contribution is 0.509. The summed E-state index contributed by atoms with van der Waals surface area (Å²) in [5.74, 6) is -1.70. The van der Waals surface area contributed by atoms with Crippen molar-refractivity contribution >= 4 is 0 Å². The first-order valence-corrected chi connectivity index (χ1v) is 5.25. The van der Waals surface area contributed by atoms with Gasteiger partial charge in [0.1, 0.15) is 0 Å². The zero-order valence-electron chi connectivity index (χ0n) is 9.37. The van der Waals surface area contributed by atoms with E-state index in [0.29, 0.717) is 11.3 Å². The van der Waals surface area contributed by atoms with Crippen LogP contribution in [-0.2, 0) is 6.54 Å². The molecule has 0 bridgehead atoms. The Labute approximate surface area is 98.3 Å². The summed E-state index contributed by atoms with van der Waals surface area (Å²) < 4.78 is 25.8. The molecule has 0 fully saturated rings. The van der Waals surface area contributed by atoms with Gasteiger partial charge in [0, 0.05) is 18.3 Å². The highest BCUT2D eigenvalue weighted by atomic mass is 19.2. The van der Waals surface area contributed by atoms with Crippen molar-refractivity contribution in [1.82, 2.24) is 10.3 Å². The number of hydrogen-bond acceptors (Lipinski definition) is 2. The Morgan fingerprint density at radius 2 is 1.94 bits per heavy atom. The predicted octanol–water partition coefficient (Wildman–Crippen LogP) is 2.75. The average molecular weight is 234 g/mol. The molecule has 1 aromatic carbocycles. The van der Waals surface area contributed by atoms with Crippen molar-refractivity contribution in [2.75, 3.05) is 7.05 Å². The molecule has 2 rings (SSSR count). The fraction of sp³-hybridized carbons (Fsp3) is 0.154. The van der Waals surface area contributed by atoms with Gasteiger partial charge in [-0.3, -0.25) is 4.98 Å². The average Bonchev–Trinajstić information content (AvgIpc) is 2.34. The zero-order valence-corrected chi connectivity index (χ0v) is 9.37. The molecule has 0 radical (unpaired) electrons. The summed E-state index contributed by atoms with van der Waals surface area (Å²) in [6.07, 6.45) is 1.72. The van der Waals surface area contributed by atoms with Crippen LogP contribution in [0.1, 0.15) is 5.56 Å². The van der Waals surface area contributed by atoms with Gasteiger partial charge >= 0.3 is 0 Å². The molecule has 0 aliphatic heterocycles. The molecular weight excluding hydrogens is 222 g/mol. The molecule has 0 amide bonds. The van der Waals surface area contributed by atoms with Gasteiger partial charge < -0.3 is 5.32 Å². The minimum atomic E-state index is -0.858. The number of benzene rings is 1. The second-order valence-electron chi connectivity index (χ2n) is 3.71. The smallest absolute Gasteiger partial charge is 0.159 e. The Bertz CT molecular complexity index is 509. The summed E-state index contributed by atoms with van der Waals surface area (Å²) in [4.78, 5) is 4.21. The van der Waals surface area contributed by atoms with E-state index in [0.717, 1.165) is 24.2 Å². The van der Waals surface area contributed by atoms with Crippen LogP contribution >= 0.6 is 0 Å². The van der Waals surface area contributed by atoms with Crippen LogP contribution in [0, 0.1) is 11.6 Å².